The van der Waals surface area contributed by atoms with E-state index in [9.17, 15) is 4.79 Å². The molecule has 2 heteroatoms. The predicted molar refractivity (Wildman–Crippen MR) is 101 cm³/mol. The molecule has 0 amide bonds. The minimum atomic E-state index is -0.251. The number of aryl methyl sites for hydroxylation is 1. The fourth-order valence-corrected chi connectivity index (χ4v) is 3.63. The van der Waals surface area contributed by atoms with Crippen molar-refractivity contribution in [3.05, 3.63) is 70.1 Å². The van der Waals surface area contributed by atoms with Crippen LogP contribution in [0, 0.1) is 0 Å². The molecule has 4 aromatic rings. The summed E-state index contributed by atoms with van der Waals surface area (Å²) in [5, 5.41) is 5.04. The van der Waals surface area contributed by atoms with Gasteiger partial charge in [-0.15, -0.1) is 0 Å². The Morgan fingerprint density at radius 3 is 2.46 bits per heavy atom. The van der Waals surface area contributed by atoms with Gasteiger partial charge in [-0.3, -0.25) is 0 Å². The second-order valence-electron chi connectivity index (χ2n) is 6.63. The first-order valence-electron chi connectivity index (χ1n) is 8.52. The van der Waals surface area contributed by atoms with Crippen LogP contribution in [-0.4, -0.2) is 0 Å². The van der Waals surface area contributed by atoms with Gasteiger partial charge in [0.1, 0.15) is 5.58 Å². The van der Waals surface area contributed by atoms with Crippen LogP contribution in [0.15, 0.2) is 57.7 Å². The van der Waals surface area contributed by atoms with Crippen molar-refractivity contribution in [2.45, 2.75) is 33.1 Å². The van der Waals surface area contributed by atoms with E-state index in [0.29, 0.717) is 11.3 Å². The van der Waals surface area contributed by atoms with E-state index in [1.165, 1.54) is 5.56 Å². The summed E-state index contributed by atoms with van der Waals surface area (Å²) in [7, 11) is 0. The highest BCUT2D eigenvalue weighted by Crippen LogP contribution is 2.35. The molecule has 4 rings (SSSR count). The Hall–Kier alpha value is -2.61. The summed E-state index contributed by atoms with van der Waals surface area (Å²) in [6, 6.07) is 16.4. The lowest BCUT2D eigenvalue weighted by atomic mass is 9.92. The maximum absolute atomic E-state index is 12.6. The molecule has 3 aromatic carbocycles. The molecule has 0 fully saturated rings. The van der Waals surface area contributed by atoms with E-state index in [4.69, 9.17) is 4.42 Å². The second kappa shape index (κ2) is 5.48. The monoisotopic (exact) mass is 316 g/mol. The minimum absolute atomic E-state index is 0.251. The molecule has 24 heavy (non-hydrogen) atoms. The zero-order valence-corrected chi connectivity index (χ0v) is 14.2. The average molecular weight is 316 g/mol. The fraction of sp³-hybridized carbons (Fsp3) is 0.227. The Morgan fingerprint density at radius 1 is 0.917 bits per heavy atom. The van der Waals surface area contributed by atoms with Gasteiger partial charge < -0.3 is 4.42 Å². The van der Waals surface area contributed by atoms with Crippen molar-refractivity contribution in [2.24, 2.45) is 0 Å². The molecule has 1 heterocycles. The first kappa shape index (κ1) is 14.9. The van der Waals surface area contributed by atoms with E-state index in [1.807, 2.05) is 24.3 Å². The number of benzene rings is 3. The van der Waals surface area contributed by atoms with Crippen LogP contribution < -0.4 is 5.63 Å². The summed E-state index contributed by atoms with van der Waals surface area (Å²) < 4.78 is 5.80. The molecule has 2 nitrogen and oxygen atoms in total. The van der Waals surface area contributed by atoms with Crippen LogP contribution in [-0.2, 0) is 6.42 Å². The van der Waals surface area contributed by atoms with E-state index in [-0.39, 0.29) is 5.63 Å². The predicted octanol–water partition coefficient (Wildman–Crippen LogP) is 5.79. The number of hydrogen-bond acceptors (Lipinski definition) is 2. The summed E-state index contributed by atoms with van der Waals surface area (Å²) >= 11 is 0. The van der Waals surface area contributed by atoms with E-state index in [0.717, 1.165) is 39.1 Å². The standard InChI is InChI=1S/C22H20O2/c1-4-14-9-11-16(13(2)3)21-19(14)20-17-8-6-5-7-15(17)10-12-18(20)22(23)24-21/h5-13H,4H2,1-3H3. The highest BCUT2D eigenvalue weighted by molar-refractivity contribution is 6.19. The Balaban J connectivity index is 2.38. The largest absolute Gasteiger partial charge is 0.422 e. The molecule has 1 aromatic heterocycles. The molecule has 0 unspecified atom stereocenters. The first-order valence-corrected chi connectivity index (χ1v) is 8.52. The number of fused-ring (bicyclic) bond motifs is 5. The molecule has 0 radical (unpaired) electrons. The Bertz CT molecular complexity index is 1130. The van der Waals surface area contributed by atoms with Crippen molar-refractivity contribution in [3.63, 3.8) is 0 Å². The molecule has 0 saturated heterocycles. The molecule has 0 bridgehead atoms. The third-order valence-electron chi connectivity index (χ3n) is 4.87. The molecular formula is C22H20O2. The minimum Gasteiger partial charge on any atom is -0.422 e. The molecule has 0 aliphatic carbocycles. The van der Waals surface area contributed by atoms with Gasteiger partial charge in [0.05, 0.1) is 5.39 Å². The first-order chi connectivity index (χ1) is 11.6. The molecule has 0 aliphatic rings. The van der Waals surface area contributed by atoms with Crippen LogP contribution in [0.2, 0.25) is 0 Å². The highest BCUT2D eigenvalue weighted by Gasteiger charge is 2.17. The summed E-state index contributed by atoms with van der Waals surface area (Å²) in [6.45, 7) is 6.41. The molecule has 0 atom stereocenters. The second-order valence-corrected chi connectivity index (χ2v) is 6.63. The number of hydrogen-bond donors (Lipinski definition) is 0. The normalized spacial score (nSPS) is 11.8. The molecule has 0 saturated carbocycles. The van der Waals surface area contributed by atoms with Crippen LogP contribution in [0.5, 0.6) is 0 Å². The lowest BCUT2D eigenvalue weighted by molar-refractivity contribution is 0.562. The van der Waals surface area contributed by atoms with Crippen molar-refractivity contribution < 1.29 is 4.42 Å². The van der Waals surface area contributed by atoms with Crippen LogP contribution in [0.25, 0.3) is 32.5 Å². The van der Waals surface area contributed by atoms with E-state index >= 15 is 0 Å². The Kier molecular flexibility index (Phi) is 3.42. The van der Waals surface area contributed by atoms with Crippen LogP contribution in [0.1, 0.15) is 37.8 Å². The summed E-state index contributed by atoms with van der Waals surface area (Å²) in [5.41, 5.74) is 2.81. The molecular weight excluding hydrogens is 296 g/mol. The van der Waals surface area contributed by atoms with Crippen molar-refractivity contribution >= 4 is 32.5 Å². The van der Waals surface area contributed by atoms with E-state index < -0.39 is 0 Å². The van der Waals surface area contributed by atoms with Gasteiger partial charge in [-0.2, -0.15) is 0 Å². The van der Waals surface area contributed by atoms with Gasteiger partial charge in [0, 0.05) is 10.8 Å². The highest BCUT2D eigenvalue weighted by atomic mass is 16.4. The Morgan fingerprint density at radius 2 is 1.71 bits per heavy atom. The van der Waals surface area contributed by atoms with Gasteiger partial charge in [-0.05, 0) is 40.3 Å². The fourth-order valence-electron chi connectivity index (χ4n) is 3.63. The van der Waals surface area contributed by atoms with Crippen molar-refractivity contribution in [3.8, 4) is 0 Å². The Labute approximate surface area is 140 Å². The maximum atomic E-state index is 12.6. The van der Waals surface area contributed by atoms with Gasteiger partial charge >= 0.3 is 5.63 Å². The summed E-state index contributed by atoms with van der Waals surface area (Å²) in [5.74, 6) is 0.300. The maximum Gasteiger partial charge on any atom is 0.344 e. The van der Waals surface area contributed by atoms with E-state index in [1.54, 1.807) is 0 Å². The van der Waals surface area contributed by atoms with Gasteiger partial charge in [0.15, 0.2) is 0 Å². The zero-order chi connectivity index (χ0) is 16.8. The van der Waals surface area contributed by atoms with E-state index in [2.05, 4.69) is 45.0 Å². The summed E-state index contributed by atoms with van der Waals surface area (Å²) in [4.78, 5) is 12.6. The third-order valence-corrected chi connectivity index (χ3v) is 4.87. The lowest BCUT2D eigenvalue weighted by Crippen LogP contribution is -2.04. The van der Waals surface area contributed by atoms with Gasteiger partial charge in [-0.1, -0.05) is 63.2 Å². The molecule has 0 spiro atoms. The smallest absolute Gasteiger partial charge is 0.344 e. The van der Waals surface area contributed by atoms with Crippen molar-refractivity contribution in [1.29, 1.82) is 0 Å². The van der Waals surface area contributed by atoms with Crippen LogP contribution in [0.4, 0.5) is 0 Å². The van der Waals surface area contributed by atoms with Crippen LogP contribution >= 0.6 is 0 Å². The SMILES string of the molecule is CCc1ccc(C(C)C)c2oc(=O)c3ccc4ccccc4c3c12. The van der Waals surface area contributed by atoms with Gasteiger partial charge in [0.25, 0.3) is 0 Å². The summed E-state index contributed by atoms with van der Waals surface area (Å²) in [6.07, 6.45) is 0.904. The van der Waals surface area contributed by atoms with Gasteiger partial charge in [0.2, 0.25) is 0 Å². The topological polar surface area (TPSA) is 30.2 Å². The van der Waals surface area contributed by atoms with Crippen LogP contribution in [0.3, 0.4) is 0 Å². The molecule has 120 valence electrons. The molecule has 0 aliphatic heterocycles. The third kappa shape index (κ3) is 2.06. The zero-order valence-electron chi connectivity index (χ0n) is 14.2. The average Bonchev–Trinajstić information content (AvgIpc) is 2.60. The lowest BCUT2D eigenvalue weighted by Gasteiger charge is -2.14. The van der Waals surface area contributed by atoms with Crippen molar-refractivity contribution in [2.75, 3.05) is 0 Å². The quantitative estimate of drug-likeness (QED) is 0.346. The van der Waals surface area contributed by atoms with Crippen molar-refractivity contribution in [1.82, 2.24) is 0 Å². The number of rotatable bonds is 2. The molecule has 0 N–H and O–H groups in total. The van der Waals surface area contributed by atoms with Gasteiger partial charge in [-0.25, -0.2) is 4.79 Å².